The number of nitrogens with one attached hydrogen (secondary N) is 1. The van der Waals surface area contributed by atoms with Gasteiger partial charge in [-0.1, -0.05) is 17.7 Å². The molecule has 6 rings (SSSR count). The van der Waals surface area contributed by atoms with E-state index < -0.39 is 10.0 Å². The highest BCUT2D eigenvalue weighted by Crippen LogP contribution is 2.60. The number of aryl methyl sites for hydroxylation is 1. The highest BCUT2D eigenvalue weighted by molar-refractivity contribution is 7.89. The SMILES string of the molecule is Cc1ccc(S(=O)(=O)N2CCC(CNC(=O)C34CC5CC(CC(C5)C3)C4)C2)cc1. The predicted octanol–water partition coefficient (Wildman–Crippen LogP) is 3.34. The Bertz CT molecular complexity index is 858. The van der Waals surface area contributed by atoms with Crippen molar-refractivity contribution < 1.29 is 13.2 Å². The largest absolute Gasteiger partial charge is 0.355 e. The molecule has 1 unspecified atom stereocenters. The topological polar surface area (TPSA) is 66.5 Å². The quantitative estimate of drug-likeness (QED) is 0.801. The van der Waals surface area contributed by atoms with Gasteiger partial charge in [-0.25, -0.2) is 8.42 Å². The number of hydrogen-bond acceptors (Lipinski definition) is 3. The van der Waals surface area contributed by atoms with Crippen molar-refractivity contribution in [3.05, 3.63) is 29.8 Å². The molecule has 5 nitrogen and oxygen atoms in total. The van der Waals surface area contributed by atoms with Crippen molar-refractivity contribution >= 4 is 15.9 Å². The molecule has 29 heavy (non-hydrogen) atoms. The fraction of sp³-hybridized carbons (Fsp3) is 0.696. The summed E-state index contributed by atoms with van der Waals surface area (Å²) in [4.78, 5) is 13.5. The van der Waals surface area contributed by atoms with Crippen LogP contribution in [-0.4, -0.2) is 38.3 Å². The Morgan fingerprint density at radius 2 is 1.66 bits per heavy atom. The minimum absolute atomic E-state index is 0.124. The van der Waals surface area contributed by atoms with Gasteiger partial charge in [0.25, 0.3) is 0 Å². The molecule has 5 fully saturated rings. The Hall–Kier alpha value is -1.40. The van der Waals surface area contributed by atoms with Gasteiger partial charge in [-0.05, 0) is 87.7 Å². The van der Waals surface area contributed by atoms with Crippen LogP contribution < -0.4 is 5.32 Å². The summed E-state index contributed by atoms with van der Waals surface area (Å²) in [6, 6.07) is 7.05. The van der Waals surface area contributed by atoms with E-state index in [9.17, 15) is 13.2 Å². The second kappa shape index (κ2) is 7.09. The number of carbonyl (C=O) groups is 1. The molecule has 1 saturated heterocycles. The molecule has 4 saturated carbocycles. The Morgan fingerprint density at radius 1 is 1.07 bits per heavy atom. The number of amides is 1. The van der Waals surface area contributed by atoms with Crippen LogP contribution >= 0.6 is 0 Å². The molecule has 1 aromatic carbocycles. The predicted molar refractivity (Wildman–Crippen MR) is 112 cm³/mol. The molecule has 1 heterocycles. The third kappa shape index (κ3) is 3.52. The molecule has 1 amide bonds. The number of hydrogen-bond donors (Lipinski definition) is 1. The second-order valence-corrected chi connectivity index (χ2v) is 12.2. The van der Waals surface area contributed by atoms with Crippen LogP contribution in [0.25, 0.3) is 0 Å². The zero-order valence-corrected chi connectivity index (χ0v) is 18.1. The van der Waals surface area contributed by atoms with Crippen LogP contribution in [0.2, 0.25) is 0 Å². The molecule has 1 aliphatic heterocycles. The van der Waals surface area contributed by atoms with Crippen molar-refractivity contribution in [2.24, 2.45) is 29.1 Å². The van der Waals surface area contributed by atoms with Gasteiger partial charge in [0.05, 0.1) is 4.90 Å². The molecule has 158 valence electrons. The summed E-state index contributed by atoms with van der Waals surface area (Å²) < 4.78 is 27.4. The van der Waals surface area contributed by atoms with Crippen molar-refractivity contribution in [3.8, 4) is 0 Å². The first-order valence-electron chi connectivity index (χ1n) is 11.2. The van der Waals surface area contributed by atoms with Gasteiger partial charge in [-0.2, -0.15) is 4.31 Å². The molecule has 5 aliphatic rings. The first-order chi connectivity index (χ1) is 13.8. The van der Waals surface area contributed by atoms with Gasteiger partial charge in [-0.3, -0.25) is 4.79 Å². The van der Waals surface area contributed by atoms with Gasteiger partial charge < -0.3 is 5.32 Å². The zero-order valence-electron chi connectivity index (χ0n) is 17.3. The summed E-state index contributed by atoms with van der Waals surface area (Å²) in [6.07, 6.45) is 8.03. The number of nitrogens with zero attached hydrogens (tertiary/aromatic N) is 1. The first-order valence-corrected chi connectivity index (χ1v) is 12.6. The maximum absolute atomic E-state index is 13.1. The minimum Gasteiger partial charge on any atom is -0.355 e. The maximum atomic E-state index is 13.1. The van der Waals surface area contributed by atoms with Crippen LogP contribution in [0.3, 0.4) is 0 Å². The van der Waals surface area contributed by atoms with Crippen molar-refractivity contribution in [1.29, 1.82) is 0 Å². The third-order valence-corrected chi connectivity index (χ3v) is 9.86. The molecule has 4 bridgehead atoms. The molecule has 6 heteroatoms. The van der Waals surface area contributed by atoms with Gasteiger partial charge in [0, 0.05) is 25.0 Å². The lowest BCUT2D eigenvalue weighted by molar-refractivity contribution is -0.146. The summed E-state index contributed by atoms with van der Waals surface area (Å²) in [7, 11) is -3.44. The van der Waals surface area contributed by atoms with Crippen LogP contribution in [0, 0.1) is 36.0 Å². The molecular weight excluding hydrogens is 384 g/mol. The standard InChI is InChI=1S/C23H32N2O3S/c1-16-2-4-21(5-3-16)29(27,28)25-7-6-17(15-25)14-24-22(26)23-11-18-8-19(12-23)10-20(9-18)13-23/h2-5,17-20H,6-15H2,1H3,(H,24,26). The Morgan fingerprint density at radius 3 is 2.24 bits per heavy atom. The highest BCUT2D eigenvalue weighted by Gasteiger charge is 2.54. The van der Waals surface area contributed by atoms with Crippen molar-refractivity contribution in [3.63, 3.8) is 0 Å². The van der Waals surface area contributed by atoms with Gasteiger partial charge in [-0.15, -0.1) is 0 Å². The number of rotatable bonds is 5. The maximum Gasteiger partial charge on any atom is 0.243 e. The fourth-order valence-corrected chi connectivity index (χ4v) is 8.39. The number of sulfonamides is 1. The lowest BCUT2D eigenvalue weighted by Crippen LogP contribution is -2.54. The molecule has 1 N–H and O–H groups in total. The second-order valence-electron chi connectivity index (χ2n) is 10.2. The van der Waals surface area contributed by atoms with Crippen LogP contribution in [0.4, 0.5) is 0 Å². The molecule has 0 aromatic heterocycles. The summed E-state index contributed by atoms with van der Waals surface area (Å²) in [5.74, 6) is 2.72. The summed E-state index contributed by atoms with van der Waals surface area (Å²) >= 11 is 0. The Balaban J connectivity index is 1.19. The normalized spacial score (nSPS) is 36.4. The third-order valence-electron chi connectivity index (χ3n) is 7.98. The minimum atomic E-state index is -3.44. The average Bonchev–Trinajstić information content (AvgIpc) is 3.15. The van der Waals surface area contributed by atoms with Crippen LogP contribution in [-0.2, 0) is 14.8 Å². The summed E-state index contributed by atoms with van der Waals surface area (Å²) in [6.45, 7) is 3.58. The highest BCUT2D eigenvalue weighted by atomic mass is 32.2. The molecule has 4 aliphatic carbocycles. The molecule has 0 spiro atoms. The lowest BCUT2D eigenvalue weighted by atomic mass is 9.49. The Kier molecular flexibility index (Phi) is 4.78. The van der Waals surface area contributed by atoms with E-state index in [0.29, 0.717) is 24.5 Å². The van der Waals surface area contributed by atoms with E-state index in [1.807, 2.05) is 19.1 Å². The number of benzene rings is 1. The van der Waals surface area contributed by atoms with Gasteiger partial charge in [0.1, 0.15) is 0 Å². The number of carbonyl (C=O) groups excluding carboxylic acids is 1. The van der Waals surface area contributed by atoms with E-state index >= 15 is 0 Å². The molecular formula is C23H32N2O3S. The van der Waals surface area contributed by atoms with Crippen molar-refractivity contribution in [1.82, 2.24) is 9.62 Å². The van der Waals surface area contributed by atoms with E-state index in [1.165, 1.54) is 19.3 Å². The zero-order chi connectivity index (χ0) is 20.2. The van der Waals surface area contributed by atoms with Crippen LogP contribution in [0.1, 0.15) is 50.5 Å². The molecule has 0 radical (unpaired) electrons. The van der Waals surface area contributed by atoms with Crippen LogP contribution in [0.5, 0.6) is 0 Å². The summed E-state index contributed by atoms with van der Waals surface area (Å²) in [5.41, 5.74) is 0.928. The monoisotopic (exact) mass is 416 g/mol. The average molecular weight is 417 g/mol. The van der Waals surface area contributed by atoms with E-state index in [-0.39, 0.29) is 17.2 Å². The van der Waals surface area contributed by atoms with E-state index in [4.69, 9.17) is 0 Å². The molecule has 1 aromatic rings. The smallest absolute Gasteiger partial charge is 0.243 e. The van der Waals surface area contributed by atoms with Gasteiger partial charge in [0.15, 0.2) is 0 Å². The molecule has 1 atom stereocenters. The van der Waals surface area contributed by atoms with Gasteiger partial charge >= 0.3 is 0 Å². The van der Waals surface area contributed by atoms with Gasteiger partial charge in [0.2, 0.25) is 15.9 Å². The lowest BCUT2D eigenvalue weighted by Gasteiger charge is -2.55. The van der Waals surface area contributed by atoms with E-state index in [1.54, 1.807) is 16.4 Å². The van der Waals surface area contributed by atoms with Crippen molar-refractivity contribution in [2.75, 3.05) is 19.6 Å². The van der Waals surface area contributed by atoms with E-state index in [0.717, 1.165) is 49.0 Å². The fourth-order valence-electron chi connectivity index (χ4n) is 6.85. The van der Waals surface area contributed by atoms with Crippen LogP contribution in [0.15, 0.2) is 29.2 Å². The Labute approximate surface area is 174 Å². The summed E-state index contributed by atoms with van der Waals surface area (Å²) in [5, 5.41) is 3.24. The first kappa shape index (κ1) is 19.6. The van der Waals surface area contributed by atoms with Crippen molar-refractivity contribution in [2.45, 2.75) is 56.8 Å². The van der Waals surface area contributed by atoms with E-state index in [2.05, 4.69) is 5.32 Å².